The molecule has 0 spiro atoms. The predicted molar refractivity (Wildman–Crippen MR) is 152 cm³/mol. The van der Waals surface area contributed by atoms with Crippen molar-refractivity contribution in [3.63, 3.8) is 0 Å². The molecule has 1 heterocycles. The number of carbonyl (C=O) groups is 2. The van der Waals surface area contributed by atoms with E-state index in [1.807, 2.05) is 49.4 Å². The Kier molecular flexibility index (Phi) is 6.64. The molecular formula is C33H36N2O3. The number of rotatable bonds is 8. The number of aliphatic carboxylic acids is 1. The van der Waals surface area contributed by atoms with E-state index in [9.17, 15) is 14.7 Å². The number of hydrogen-bond donors (Lipinski definition) is 2. The van der Waals surface area contributed by atoms with Gasteiger partial charge in [0, 0.05) is 28.7 Å². The summed E-state index contributed by atoms with van der Waals surface area (Å²) in [6.07, 6.45) is 2.52. The molecule has 0 unspecified atom stereocenters. The molecule has 196 valence electrons. The van der Waals surface area contributed by atoms with Gasteiger partial charge in [-0.05, 0) is 99.4 Å². The van der Waals surface area contributed by atoms with Gasteiger partial charge in [-0.25, -0.2) is 0 Å². The standard InChI is InChI=1S/C33H36N2O3/c1-20-22(3)35(19-23-8-6-11-28(16-23)33(4,5)32(37)38)30-15-14-27(18-29(20)30)31(36)34-21(2)25-9-7-10-26(17-25)24-12-13-24/h6-11,14-18,21,24H,12-13,19H2,1-5H3,(H,34,36)(H,37,38)/t21-/m0/s1. The van der Waals surface area contributed by atoms with E-state index in [1.165, 1.54) is 18.4 Å². The number of aromatic nitrogens is 1. The van der Waals surface area contributed by atoms with E-state index in [2.05, 4.69) is 48.0 Å². The molecule has 0 saturated heterocycles. The van der Waals surface area contributed by atoms with Gasteiger partial charge in [0.15, 0.2) is 0 Å². The molecule has 0 bridgehead atoms. The SMILES string of the molecule is Cc1c(C)n(Cc2cccc(C(C)(C)C(=O)O)c2)c2ccc(C(=O)N[C@@H](C)c3cccc(C4CC4)c3)cc12. The van der Waals surface area contributed by atoms with Gasteiger partial charge in [-0.1, -0.05) is 48.5 Å². The maximum Gasteiger partial charge on any atom is 0.313 e. The third kappa shape index (κ3) is 4.85. The summed E-state index contributed by atoms with van der Waals surface area (Å²) in [5.41, 5.74) is 7.35. The Morgan fingerprint density at radius 3 is 2.47 bits per heavy atom. The second kappa shape index (κ2) is 9.79. The van der Waals surface area contributed by atoms with Crippen molar-refractivity contribution in [3.8, 4) is 0 Å². The first-order valence-electron chi connectivity index (χ1n) is 13.4. The summed E-state index contributed by atoms with van der Waals surface area (Å²) in [5.74, 6) is -0.241. The Morgan fingerprint density at radius 2 is 1.76 bits per heavy atom. The minimum atomic E-state index is -0.960. The van der Waals surface area contributed by atoms with Crippen LogP contribution in [0.2, 0.25) is 0 Å². The lowest BCUT2D eigenvalue weighted by Crippen LogP contribution is -2.28. The number of nitrogens with one attached hydrogen (secondary N) is 1. The van der Waals surface area contributed by atoms with E-state index in [1.54, 1.807) is 13.8 Å². The van der Waals surface area contributed by atoms with Gasteiger partial charge in [-0.3, -0.25) is 9.59 Å². The zero-order valence-electron chi connectivity index (χ0n) is 22.8. The van der Waals surface area contributed by atoms with Gasteiger partial charge < -0.3 is 15.0 Å². The van der Waals surface area contributed by atoms with Crippen molar-refractivity contribution >= 4 is 22.8 Å². The first-order chi connectivity index (χ1) is 18.1. The molecule has 1 aliphatic carbocycles. The van der Waals surface area contributed by atoms with E-state index in [-0.39, 0.29) is 11.9 Å². The fraction of sp³-hybridized carbons (Fsp3) is 0.333. The van der Waals surface area contributed by atoms with Gasteiger partial charge in [0.2, 0.25) is 0 Å². The van der Waals surface area contributed by atoms with Gasteiger partial charge in [0.1, 0.15) is 0 Å². The van der Waals surface area contributed by atoms with Crippen LogP contribution in [0.1, 0.15) is 89.4 Å². The number of carbonyl (C=O) groups excluding carboxylic acids is 1. The lowest BCUT2D eigenvalue weighted by molar-refractivity contribution is -0.142. The van der Waals surface area contributed by atoms with Crippen LogP contribution in [0.5, 0.6) is 0 Å². The highest BCUT2D eigenvalue weighted by molar-refractivity contribution is 5.99. The van der Waals surface area contributed by atoms with Crippen molar-refractivity contribution in [3.05, 3.63) is 106 Å². The Balaban J connectivity index is 1.39. The molecule has 38 heavy (non-hydrogen) atoms. The van der Waals surface area contributed by atoms with Crippen molar-refractivity contribution in [2.24, 2.45) is 0 Å². The van der Waals surface area contributed by atoms with Crippen LogP contribution in [0.3, 0.4) is 0 Å². The van der Waals surface area contributed by atoms with Crippen LogP contribution >= 0.6 is 0 Å². The maximum absolute atomic E-state index is 13.2. The zero-order chi connectivity index (χ0) is 27.2. The van der Waals surface area contributed by atoms with Crippen LogP contribution < -0.4 is 5.32 Å². The molecule has 1 amide bonds. The van der Waals surface area contributed by atoms with Crippen LogP contribution in [0.25, 0.3) is 10.9 Å². The second-order valence-corrected chi connectivity index (χ2v) is 11.3. The van der Waals surface area contributed by atoms with Crippen molar-refractivity contribution in [2.45, 2.75) is 71.4 Å². The molecule has 5 heteroatoms. The number of carboxylic acids is 1. The Morgan fingerprint density at radius 1 is 1.03 bits per heavy atom. The van der Waals surface area contributed by atoms with Crippen molar-refractivity contribution in [2.75, 3.05) is 0 Å². The first-order valence-corrected chi connectivity index (χ1v) is 13.4. The molecule has 1 aliphatic rings. The first kappa shape index (κ1) is 25.8. The van der Waals surface area contributed by atoms with Gasteiger partial charge in [0.25, 0.3) is 5.91 Å². The van der Waals surface area contributed by atoms with Crippen LogP contribution in [0.15, 0.2) is 66.7 Å². The molecule has 0 aliphatic heterocycles. The normalized spacial score (nSPS) is 14.4. The van der Waals surface area contributed by atoms with Crippen LogP contribution in [0, 0.1) is 13.8 Å². The molecule has 1 aromatic heterocycles. The molecule has 2 N–H and O–H groups in total. The molecule has 0 radical (unpaired) electrons. The summed E-state index contributed by atoms with van der Waals surface area (Å²) in [7, 11) is 0. The van der Waals surface area contributed by atoms with Crippen LogP contribution in [-0.4, -0.2) is 21.6 Å². The fourth-order valence-electron chi connectivity index (χ4n) is 5.22. The molecule has 1 fully saturated rings. The largest absolute Gasteiger partial charge is 0.481 e. The van der Waals surface area contributed by atoms with Gasteiger partial charge in [0.05, 0.1) is 11.5 Å². The number of fused-ring (bicyclic) bond motifs is 1. The predicted octanol–water partition coefficient (Wildman–Crippen LogP) is 7.04. The molecule has 1 saturated carbocycles. The van der Waals surface area contributed by atoms with Crippen LogP contribution in [-0.2, 0) is 16.8 Å². The number of benzene rings is 3. The van der Waals surface area contributed by atoms with E-state index in [0.717, 1.165) is 38.9 Å². The maximum atomic E-state index is 13.2. The lowest BCUT2D eigenvalue weighted by atomic mass is 9.84. The van der Waals surface area contributed by atoms with Crippen LogP contribution in [0.4, 0.5) is 0 Å². The highest BCUT2D eigenvalue weighted by Gasteiger charge is 2.29. The molecule has 5 nitrogen and oxygen atoms in total. The third-order valence-corrected chi connectivity index (χ3v) is 8.23. The van der Waals surface area contributed by atoms with Gasteiger partial charge in [-0.2, -0.15) is 0 Å². The fourth-order valence-corrected chi connectivity index (χ4v) is 5.22. The smallest absolute Gasteiger partial charge is 0.313 e. The highest BCUT2D eigenvalue weighted by Crippen LogP contribution is 2.40. The van der Waals surface area contributed by atoms with E-state index < -0.39 is 11.4 Å². The highest BCUT2D eigenvalue weighted by atomic mass is 16.4. The van der Waals surface area contributed by atoms with E-state index >= 15 is 0 Å². The number of amides is 1. The molecular weight excluding hydrogens is 472 g/mol. The monoisotopic (exact) mass is 508 g/mol. The summed E-state index contributed by atoms with van der Waals surface area (Å²) < 4.78 is 2.24. The van der Waals surface area contributed by atoms with Crippen molar-refractivity contribution < 1.29 is 14.7 Å². The number of hydrogen-bond acceptors (Lipinski definition) is 2. The molecule has 3 aromatic carbocycles. The van der Waals surface area contributed by atoms with Crippen molar-refractivity contribution in [1.29, 1.82) is 0 Å². The van der Waals surface area contributed by atoms with Crippen molar-refractivity contribution in [1.82, 2.24) is 9.88 Å². The molecule has 4 aromatic rings. The Hall–Kier alpha value is -3.86. The second-order valence-electron chi connectivity index (χ2n) is 11.3. The average molecular weight is 509 g/mol. The third-order valence-electron chi connectivity index (χ3n) is 8.23. The van der Waals surface area contributed by atoms with E-state index in [4.69, 9.17) is 0 Å². The summed E-state index contributed by atoms with van der Waals surface area (Å²) in [4.78, 5) is 25.0. The summed E-state index contributed by atoms with van der Waals surface area (Å²) in [5, 5.41) is 13.9. The number of carboxylic acid groups (broad SMARTS) is 1. The Labute approximate surface area is 224 Å². The Bertz CT molecular complexity index is 1540. The quantitative estimate of drug-likeness (QED) is 0.268. The average Bonchev–Trinajstić information content (AvgIpc) is 3.73. The lowest BCUT2D eigenvalue weighted by Gasteiger charge is -2.20. The summed E-state index contributed by atoms with van der Waals surface area (Å²) in [6.45, 7) is 10.3. The molecule has 5 rings (SSSR count). The minimum absolute atomic E-state index is 0.0772. The number of nitrogens with zero attached hydrogens (tertiary/aromatic N) is 1. The van der Waals surface area contributed by atoms with Gasteiger partial charge >= 0.3 is 5.97 Å². The minimum Gasteiger partial charge on any atom is -0.481 e. The number of aryl methyl sites for hydroxylation is 1. The van der Waals surface area contributed by atoms with Gasteiger partial charge in [-0.15, -0.1) is 0 Å². The summed E-state index contributed by atoms with van der Waals surface area (Å²) in [6, 6.07) is 22.2. The molecule has 1 atom stereocenters. The summed E-state index contributed by atoms with van der Waals surface area (Å²) >= 11 is 0. The topological polar surface area (TPSA) is 71.3 Å². The van der Waals surface area contributed by atoms with E-state index in [0.29, 0.717) is 18.0 Å². The zero-order valence-corrected chi connectivity index (χ0v) is 22.8.